The van der Waals surface area contributed by atoms with Crippen molar-refractivity contribution in [3.63, 3.8) is 0 Å². The van der Waals surface area contributed by atoms with E-state index in [2.05, 4.69) is 5.32 Å². The molecule has 0 saturated heterocycles. The summed E-state index contributed by atoms with van der Waals surface area (Å²) >= 11 is 6.18. The summed E-state index contributed by atoms with van der Waals surface area (Å²) < 4.78 is 16.0. The molecular weight excluding hydrogens is 394 g/mol. The molecule has 0 aliphatic carbocycles. The molecule has 156 valence electrons. The topological polar surface area (TPSA) is 73.9 Å². The minimum Gasteiger partial charge on any atom is -0.495 e. The molecule has 0 heterocycles. The predicted octanol–water partition coefficient (Wildman–Crippen LogP) is 4.73. The number of carbonyl (C=O) groups is 2. The Morgan fingerprint density at radius 2 is 1.79 bits per heavy atom. The zero-order chi connectivity index (χ0) is 21.6. The summed E-state index contributed by atoms with van der Waals surface area (Å²) in [5.74, 6) is 0.153. The molecule has 0 spiro atoms. The van der Waals surface area contributed by atoms with Crippen molar-refractivity contribution in [1.29, 1.82) is 0 Å². The Kier molecular flexibility index (Phi) is 7.91. The van der Waals surface area contributed by atoms with Crippen LogP contribution in [-0.2, 0) is 14.3 Å². The van der Waals surface area contributed by atoms with Gasteiger partial charge >= 0.3 is 5.97 Å². The van der Waals surface area contributed by atoms with Gasteiger partial charge in [-0.1, -0.05) is 37.6 Å². The van der Waals surface area contributed by atoms with Crippen LogP contribution in [0, 0.1) is 6.92 Å². The number of rotatable bonds is 8. The number of ether oxygens (including phenoxy) is 3. The SMILES string of the molecule is COc1ccccc1NC(=O)C(C)OC(=O)COc1cc(C)c(Cl)cc1C(C)C. The van der Waals surface area contributed by atoms with Crippen LogP contribution in [0.15, 0.2) is 36.4 Å². The van der Waals surface area contributed by atoms with Crippen molar-refractivity contribution in [2.24, 2.45) is 0 Å². The van der Waals surface area contributed by atoms with Crippen LogP contribution in [0.25, 0.3) is 0 Å². The molecule has 6 nitrogen and oxygen atoms in total. The summed E-state index contributed by atoms with van der Waals surface area (Å²) in [6.07, 6.45) is -0.993. The standard InChI is InChI=1S/C22H26ClNO5/c1-13(2)16-11-17(23)14(3)10-20(16)28-12-21(25)29-15(4)22(26)24-18-8-6-7-9-19(18)27-5/h6-11,13,15H,12H2,1-5H3,(H,24,26). The molecule has 0 bridgehead atoms. The minimum atomic E-state index is -0.993. The molecule has 1 N–H and O–H groups in total. The van der Waals surface area contributed by atoms with E-state index in [0.29, 0.717) is 22.2 Å². The number of carbonyl (C=O) groups excluding carboxylic acids is 2. The first-order valence-electron chi connectivity index (χ1n) is 9.29. The van der Waals surface area contributed by atoms with Crippen LogP contribution in [0.3, 0.4) is 0 Å². The Bertz CT molecular complexity index is 882. The molecule has 2 rings (SSSR count). The van der Waals surface area contributed by atoms with Crippen molar-refractivity contribution in [3.8, 4) is 11.5 Å². The lowest BCUT2D eigenvalue weighted by Gasteiger charge is -2.17. The highest BCUT2D eigenvalue weighted by Crippen LogP contribution is 2.32. The fourth-order valence-electron chi connectivity index (χ4n) is 2.65. The molecule has 1 amide bonds. The lowest BCUT2D eigenvalue weighted by Crippen LogP contribution is -2.31. The van der Waals surface area contributed by atoms with Gasteiger partial charge in [-0.15, -0.1) is 0 Å². The first-order valence-corrected chi connectivity index (χ1v) is 9.67. The molecule has 2 aromatic rings. The van der Waals surface area contributed by atoms with Crippen LogP contribution in [0.4, 0.5) is 5.69 Å². The van der Waals surface area contributed by atoms with E-state index in [1.165, 1.54) is 14.0 Å². The van der Waals surface area contributed by atoms with Crippen LogP contribution in [0.5, 0.6) is 11.5 Å². The number of nitrogens with one attached hydrogen (secondary N) is 1. The second kappa shape index (κ2) is 10.2. The fourth-order valence-corrected chi connectivity index (χ4v) is 2.82. The molecule has 0 aliphatic heterocycles. The molecular formula is C22H26ClNO5. The summed E-state index contributed by atoms with van der Waals surface area (Å²) in [4.78, 5) is 24.5. The van der Waals surface area contributed by atoms with E-state index in [1.807, 2.05) is 26.8 Å². The third-order valence-electron chi connectivity index (χ3n) is 4.30. The number of methoxy groups -OCH3 is 1. The predicted molar refractivity (Wildman–Crippen MR) is 113 cm³/mol. The molecule has 0 fully saturated rings. The van der Waals surface area contributed by atoms with E-state index in [0.717, 1.165) is 11.1 Å². The van der Waals surface area contributed by atoms with Gasteiger partial charge in [0.05, 0.1) is 12.8 Å². The van der Waals surface area contributed by atoms with E-state index < -0.39 is 18.0 Å². The first-order chi connectivity index (χ1) is 13.7. The fraction of sp³-hybridized carbons (Fsp3) is 0.364. The van der Waals surface area contributed by atoms with Gasteiger partial charge in [0, 0.05) is 5.02 Å². The van der Waals surface area contributed by atoms with Gasteiger partial charge in [0.15, 0.2) is 12.7 Å². The smallest absolute Gasteiger partial charge is 0.344 e. The van der Waals surface area contributed by atoms with Crippen molar-refractivity contribution in [2.45, 2.75) is 39.7 Å². The zero-order valence-electron chi connectivity index (χ0n) is 17.2. The maximum absolute atomic E-state index is 12.3. The van der Waals surface area contributed by atoms with E-state index in [9.17, 15) is 9.59 Å². The molecule has 2 aromatic carbocycles. The molecule has 0 saturated carbocycles. The van der Waals surface area contributed by atoms with Crippen LogP contribution in [0.1, 0.15) is 37.8 Å². The van der Waals surface area contributed by atoms with Gasteiger partial charge in [-0.2, -0.15) is 0 Å². The number of amides is 1. The Hall–Kier alpha value is -2.73. The monoisotopic (exact) mass is 419 g/mol. The minimum absolute atomic E-state index is 0.171. The first kappa shape index (κ1) is 22.6. The van der Waals surface area contributed by atoms with Gasteiger partial charge in [0.25, 0.3) is 5.91 Å². The van der Waals surface area contributed by atoms with E-state index >= 15 is 0 Å². The molecule has 29 heavy (non-hydrogen) atoms. The lowest BCUT2D eigenvalue weighted by molar-refractivity contribution is -0.155. The van der Waals surface area contributed by atoms with Crippen LogP contribution >= 0.6 is 11.6 Å². The number of hydrogen-bond acceptors (Lipinski definition) is 5. The van der Waals surface area contributed by atoms with E-state index in [4.69, 9.17) is 25.8 Å². The summed E-state index contributed by atoms with van der Waals surface area (Å²) in [5, 5.41) is 3.33. The van der Waals surface area contributed by atoms with Gasteiger partial charge in [-0.3, -0.25) is 4.79 Å². The van der Waals surface area contributed by atoms with Crippen molar-refractivity contribution in [3.05, 3.63) is 52.5 Å². The summed E-state index contributed by atoms with van der Waals surface area (Å²) in [7, 11) is 1.51. The number of para-hydroxylation sites is 2. The van der Waals surface area contributed by atoms with Gasteiger partial charge < -0.3 is 19.5 Å². The van der Waals surface area contributed by atoms with Crippen LogP contribution < -0.4 is 14.8 Å². The molecule has 0 radical (unpaired) electrons. The molecule has 1 atom stereocenters. The average Bonchev–Trinajstić information content (AvgIpc) is 2.68. The van der Waals surface area contributed by atoms with E-state index in [1.54, 1.807) is 30.3 Å². The van der Waals surface area contributed by atoms with Crippen molar-refractivity contribution < 1.29 is 23.8 Å². The summed E-state index contributed by atoms with van der Waals surface area (Å²) in [6.45, 7) is 7.07. The highest BCUT2D eigenvalue weighted by atomic mass is 35.5. The van der Waals surface area contributed by atoms with Crippen LogP contribution in [-0.4, -0.2) is 31.7 Å². The Morgan fingerprint density at radius 3 is 2.45 bits per heavy atom. The van der Waals surface area contributed by atoms with Crippen molar-refractivity contribution >= 4 is 29.2 Å². The van der Waals surface area contributed by atoms with Crippen LogP contribution in [0.2, 0.25) is 5.02 Å². The summed E-state index contributed by atoms with van der Waals surface area (Å²) in [5.41, 5.74) is 2.25. The second-order valence-corrected chi connectivity index (χ2v) is 7.31. The van der Waals surface area contributed by atoms with Gasteiger partial charge in [0.2, 0.25) is 0 Å². The molecule has 0 aromatic heterocycles. The average molecular weight is 420 g/mol. The maximum atomic E-state index is 12.3. The van der Waals surface area contributed by atoms with Crippen molar-refractivity contribution in [1.82, 2.24) is 0 Å². The number of halogens is 1. The van der Waals surface area contributed by atoms with Gasteiger partial charge in [0.1, 0.15) is 11.5 Å². The normalized spacial score (nSPS) is 11.7. The highest BCUT2D eigenvalue weighted by molar-refractivity contribution is 6.31. The zero-order valence-corrected chi connectivity index (χ0v) is 18.0. The van der Waals surface area contributed by atoms with Gasteiger partial charge in [-0.05, 0) is 55.2 Å². The number of benzene rings is 2. The Balaban J connectivity index is 1.95. The third kappa shape index (κ3) is 6.12. The Labute approximate surface area is 176 Å². The van der Waals surface area contributed by atoms with E-state index in [-0.39, 0.29) is 12.5 Å². The quantitative estimate of drug-likeness (QED) is 0.626. The van der Waals surface area contributed by atoms with Gasteiger partial charge in [-0.25, -0.2) is 4.79 Å². The molecule has 1 unspecified atom stereocenters. The van der Waals surface area contributed by atoms with Crippen molar-refractivity contribution in [2.75, 3.05) is 19.0 Å². The molecule has 0 aliphatic rings. The lowest BCUT2D eigenvalue weighted by atomic mass is 10.0. The third-order valence-corrected chi connectivity index (χ3v) is 4.71. The highest BCUT2D eigenvalue weighted by Gasteiger charge is 2.20. The number of hydrogen-bond donors (Lipinski definition) is 1. The number of esters is 1. The Morgan fingerprint density at radius 1 is 1.10 bits per heavy atom. The number of aryl methyl sites for hydroxylation is 1. The molecule has 7 heteroatoms. The second-order valence-electron chi connectivity index (χ2n) is 6.90. The number of anilines is 1. The largest absolute Gasteiger partial charge is 0.495 e. The summed E-state index contributed by atoms with van der Waals surface area (Å²) in [6, 6.07) is 10.6. The maximum Gasteiger partial charge on any atom is 0.344 e.